The molecule has 3 saturated heterocycles. The van der Waals surface area contributed by atoms with Gasteiger partial charge < -0.3 is 93.4 Å². The van der Waals surface area contributed by atoms with Gasteiger partial charge in [0.1, 0.15) is 60.3 Å². The number of phenols is 1. The van der Waals surface area contributed by atoms with Crippen LogP contribution in [0.15, 0.2) is 24.3 Å². The average Bonchev–Trinajstić information content (AvgIpc) is 3.99. The van der Waals surface area contributed by atoms with Gasteiger partial charge in [0, 0.05) is 45.3 Å². The van der Waals surface area contributed by atoms with Crippen LogP contribution >= 0.6 is 0 Å². The molecule has 3 aliphatic rings. The number of fused-ring (bicyclic) bond motifs is 2. The summed E-state index contributed by atoms with van der Waals surface area (Å²) < 4.78 is 5.74. The first-order valence-corrected chi connectivity index (χ1v) is 27.2. The van der Waals surface area contributed by atoms with Crippen molar-refractivity contribution < 1.29 is 79.2 Å². The fraction of sp³-hybridized carbons (Fsp3) is 0.750. The van der Waals surface area contributed by atoms with E-state index in [0.29, 0.717) is 24.7 Å². The lowest BCUT2D eigenvalue weighted by atomic mass is 9.91. The highest BCUT2D eigenvalue weighted by Crippen LogP contribution is 2.27. The van der Waals surface area contributed by atoms with E-state index >= 15 is 0 Å². The van der Waals surface area contributed by atoms with Crippen LogP contribution in [-0.2, 0) is 38.3 Å². The molecule has 0 spiro atoms. The molecular formula is C52H87N9O16. The third kappa shape index (κ3) is 19.1. The monoisotopic (exact) mass is 1090 g/mol. The molecule has 0 radical (unpaired) electrons. The highest BCUT2D eigenvalue weighted by atomic mass is 16.5. The van der Waals surface area contributed by atoms with Crippen molar-refractivity contribution in [2.24, 2.45) is 23.3 Å². The van der Waals surface area contributed by atoms with E-state index in [1.54, 1.807) is 0 Å². The number of hydrogen-bond acceptors (Lipinski definition) is 18. The van der Waals surface area contributed by atoms with Crippen molar-refractivity contribution >= 4 is 41.4 Å². The molecule has 3 fully saturated rings. The predicted octanol–water partition coefficient (Wildman–Crippen LogP) is -2.88. The molecule has 4 rings (SSSR count). The summed E-state index contributed by atoms with van der Waals surface area (Å²) in [5.41, 5.74) is 11.4. The first-order valence-electron chi connectivity index (χ1n) is 27.2. The highest BCUT2D eigenvalue weighted by molar-refractivity contribution is 5.98. The van der Waals surface area contributed by atoms with E-state index in [0.717, 1.165) is 55.2 Å². The predicted molar refractivity (Wildman–Crippen MR) is 278 cm³/mol. The first kappa shape index (κ1) is 64.4. The molecule has 0 aliphatic carbocycles. The van der Waals surface area contributed by atoms with Crippen LogP contribution in [-0.4, -0.2) is 204 Å². The lowest BCUT2D eigenvalue weighted by Gasteiger charge is -2.34. The van der Waals surface area contributed by atoms with Gasteiger partial charge >= 0.3 is 0 Å². The Bertz CT molecular complexity index is 2070. The third-order valence-electron chi connectivity index (χ3n) is 14.7. The molecule has 25 heteroatoms. The number of nitrogens with two attached hydrogens (primary N) is 2. The minimum atomic E-state index is -2.29. The van der Waals surface area contributed by atoms with E-state index in [4.69, 9.17) is 16.2 Å². The van der Waals surface area contributed by atoms with Crippen molar-refractivity contribution in [1.29, 1.82) is 0 Å². The second kappa shape index (κ2) is 31.5. The molecule has 7 amide bonds. The van der Waals surface area contributed by atoms with Crippen molar-refractivity contribution in [1.82, 2.24) is 36.4 Å². The second-order valence-electron chi connectivity index (χ2n) is 21.2. The van der Waals surface area contributed by atoms with Crippen LogP contribution in [0.2, 0.25) is 0 Å². The normalized spacial score (nSPS) is 28.6. The minimum absolute atomic E-state index is 0.0370. The number of aliphatic hydroxyl groups is 7. The van der Waals surface area contributed by atoms with Gasteiger partial charge in [0.05, 0.1) is 31.0 Å². The maximum Gasteiger partial charge on any atom is 0.248 e. The van der Waals surface area contributed by atoms with Crippen LogP contribution in [0.1, 0.15) is 129 Å². The van der Waals surface area contributed by atoms with Gasteiger partial charge in [0.15, 0.2) is 6.23 Å². The van der Waals surface area contributed by atoms with Crippen molar-refractivity contribution in [2.45, 2.75) is 203 Å². The Hall–Kier alpha value is -5.09. The largest absolute Gasteiger partial charge is 0.508 e. The molecule has 0 aromatic heterocycles. The Balaban J connectivity index is 1.73. The number of amides is 7. The Kier molecular flexibility index (Phi) is 26.4. The number of unbranched alkanes of at least 4 members (excludes halogenated alkanes) is 5. The number of ether oxygens (including phenoxy) is 1. The van der Waals surface area contributed by atoms with Crippen molar-refractivity contribution in [3.63, 3.8) is 0 Å². The molecule has 3 aliphatic heterocycles. The number of phenolic OH excluding ortho intramolecular Hbond substituents is 1. The molecule has 2 unspecified atom stereocenters. The number of carbonyl (C=O) groups excluding carboxylic acids is 7. The molecule has 436 valence electrons. The Morgan fingerprint density at radius 2 is 1.23 bits per heavy atom. The zero-order valence-electron chi connectivity index (χ0n) is 44.9. The fourth-order valence-corrected chi connectivity index (χ4v) is 10.1. The van der Waals surface area contributed by atoms with Gasteiger partial charge in [0.2, 0.25) is 41.4 Å². The van der Waals surface area contributed by atoms with E-state index < -0.39 is 159 Å². The summed E-state index contributed by atoms with van der Waals surface area (Å²) in [6.07, 6.45) is -7.43. The number of nitrogens with zero attached hydrogens (tertiary/aromatic N) is 2. The molecule has 16 atom stereocenters. The highest BCUT2D eigenvalue weighted by Gasteiger charge is 2.48. The summed E-state index contributed by atoms with van der Waals surface area (Å²) in [4.78, 5) is 102. The Labute approximate surface area is 450 Å². The fourth-order valence-electron chi connectivity index (χ4n) is 10.1. The molecule has 25 nitrogen and oxygen atoms in total. The average molecular weight is 1090 g/mol. The number of nitrogens with one attached hydrogen (secondary N) is 5. The number of carbonyl (C=O) groups is 7. The maximum absolute atomic E-state index is 14.6. The van der Waals surface area contributed by atoms with E-state index in [1.165, 1.54) is 30.7 Å². The summed E-state index contributed by atoms with van der Waals surface area (Å²) in [5, 5.41) is 101. The van der Waals surface area contributed by atoms with Gasteiger partial charge in [0.25, 0.3) is 0 Å². The molecular weight excluding hydrogens is 1010 g/mol. The number of benzene rings is 1. The van der Waals surface area contributed by atoms with Crippen molar-refractivity contribution in [3.8, 4) is 5.75 Å². The minimum Gasteiger partial charge on any atom is -0.508 e. The summed E-state index contributed by atoms with van der Waals surface area (Å²) in [7, 11) is 0. The number of aliphatic hydroxyl groups excluding tert-OH is 7. The molecule has 17 N–H and O–H groups in total. The smallest absolute Gasteiger partial charge is 0.248 e. The summed E-state index contributed by atoms with van der Waals surface area (Å²) in [6, 6.07) is -6.32. The van der Waals surface area contributed by atoms with E-state index in [1.807, 2.05) is 0 Å². The van der Waals surface area contributed by atoms with Crippen LogP contribution in [0.4, 0.5) is 0 Å². The SMILES string of the molecule is CCC(C)CC(C)CCCCCCCCC(=O)N[C@H]1C[C@@H](O)[C@@H](OCCN)NC(=O)[C@@H]2C[C@@H](O)CN2C(=O)[C@H]([C@H](O)CCN)NC(=O)[C@H]([C@H](O)[C@@H](O)c2ccc(O)cc2)NC(=O)[C@@H]2C[C@@H](O)CN2C(=O)[C@H]([C@@H](C)O)NC1=O. The van der Waals surface area contributed by atoms with Gasteiger partial charge in [-0.15, -0.1) is 0 Å². The van der Waals surface area contributed by atoms with Gasteiger partial charge in [-0.2, -0.15) is 0 Å². The Morgan fingerprint density at radius 1 is 0.688 bits per heavy atom. The molecule has 3 heterocycles. The molecule has 1 aromatic carbocycles. The van der Waals surface area contributed by atoms with Crippen LogP contribution in [0.3, 0.4) is 0 Å². The van der Waals surface area contributed by atoms with Gasteiger partial charge in [-0.05, 0) is 62.3 Å². The third-order valence-corrected chi connectivity index (χ3v) is 14.7. The maximum atomic E-state index is 14.6. The zero-order chi connectivity index (χ0) is 57.1. The van der Waals surface area contributed by atoms with Crippen LogP contribution in [0.25, 0.3) is 0 Å². The van der Waals surface area contributed by atoms with Crippen molar-refractivity contribution in [3.05, 3.63) is 29.8 Å². The van der Waals surface area contributed by atoms with Crippen LogP contribution in [0, 0.1) is 11.8 Å². The standard InChI is InChI=1S/C52H87N9O16/c1-5-28(2)22-29(3)12-10-8-6-7-9-11-13-40(68)55-35-25-39(67)50(77-21-20-54)59-48(73)37-24-34(65)27-61(37)52(76)42(38(66)18-19-53)57-49(74)43(45(70)44(69)31-14-16-32(63)17-15-31)58-47(72)36-23-33(64)26-60(36)51(75)41(30(4)62)56-46(35)71/h14-17,28-30,33-39,41-45,50,62-67,69-70H,5-13,18-27,53-54H2,1-4H3,(H,55,68)(H,56,71)(H,57,74)(H,58,72)(H,59,73)/t28?,29?,30-,33-,34-,35+,36+,37+,38-,39-,41+,42+,43+,44+,45+,50-/m1/s1. The van der Waals surface area contributed by atoms with Gasteiger partial charge in [-0.1, -0.05) is 77.8 Å². The lowest BCUT2D eigenvalue weighted by Crippen LogP contribution is -2.64. The van der Waals surface area contributed by atoms with E-state index in [-0.39, 0.29) is 43.9 Å². The van der Waals surface area contributed by atoms with E-state index in [2.05, 4.69) is 47.4 Å². The quantitative estimate of drug-likeness (QED) is 0.0489. The first-order chi connectivity index (χ1) is 36.5. The van der Waals surface area contributed by atoms with Crippen molar-refractivity contribution in [2.75, 3.05) is 32.8 Å². The molecule has 1 aromatic rings. The topological polar surface area (TPSA) is 409 Å². The summed E-state index contributed by atoms with van der Waals surface area (Å²) in [5.74, 6) is -6.50. The molecule has 0 saturated carbocycles. The second-order valence-corrected chi connectivity index (χ2v) is 21.2. The lowest BCUT2D eigenvalue weighted by molar-refractivity contribution is -0.148. The molecule has 77 heavy (non-hydrogen) atoms. The van der Waals surface area contributed by atoms with Gasteiger partial charge in [-0.3, -0.25) is 33.6 Å². The number of aromatic hydroxyl groups is 1. The van der Waals surface area contributed by atoms with Crippen LogP contribution < -0.4 is 38.1 Å². The van der Waals surface area contributed by atoms with Gasteiger partial charge in [-0.25, -0.2) is 0 Å². The zero-order valence-corrected chi connectivity index (χ0v) is 44.9. The Morgan fingerprint density at radius 3 is 1.81 bits per heavy atom. The van der Waals surface area contributed by atoms with E-state index in [9.17, 15) is 74.4 Å². The summed E-state index contributed by atoms with van der Waals surface area (Å²) in [6.45, 7) is 6.15. The summed E-state index contributed by atoms with van der Waals surface area (Å²) >= 11 is 0. The number of rotatable bonds is 23. The van der Waals surface area contributed by atoms with Crippen LogP contribution in [0.5, 0.6) is 5.75 Å². The molecule has 0 bridgehead atoms. The number of hydrogen-bond donors (Lipinski definition) is 15.